The molecular formula is C16H18FN5O2S. The topological polar surface area (TPSA) is 72.3 Å². The predicted molar refractivity (Wildman–Crippen MR) is 90.3 cm³/mol. The van der Waals surface area contributed by atoms with Crippen molar-refractivity contribution >= 4 is 17.7 Å². The molecule has 0 bridgehead atoms. The van der Waals surface area contributed by atoms with Gasteiger partial charge in [0.2, 0.25) is 11.1 Å². The van der Waals surface area contributed by atoms with E-state index < -0.39 is 5.25 Å². The summed E-state index contributed by atoms with van der Waals surface area (Å²) in [7, 11) is 0. The molecular weight excluding hydrogens is 345 g/mol. The monoisotopic (exact) mass is 363 g/mol. The molecule has 1 N–H and O–H groups in total. The van der Waals surface area contributed by atoms with E-state index in [-0.39, 0.29) is 17.8 Å². The number of fused-ring (bicyclic) bond motifs is 1. The lowest BCUT2D eigenvalue weighted by Gasteiger charge is -2.36. The number of hydrogen-bond donors (Lipinski definition) is 1. The number of hydrogen-bond acceptors (Lipinski definition) is 6. The van der Waals surface area contributed by atoms with Crippen LogP contribution in [0.5, 0.6) is 0 Å². The van der Waals surface area contributed by atoms with E-state index in [2.05, 4.69) is 15.6 Å². The summed E-state index contributed by atoms with van der Waals surface area (Å²) in [6.07, 6.45) is 0. The molecule has 0 radical (unpaired) electrons. The zero-order valence-corrected chi connectivity index (χ0v) is 14.5. The van der Waals surface area contributed by atoms with Crippen LogP contribution in [0.1, 0.15) is 17.4 Å². The van der Waals surface area contributed by atoms with Crippen molar-refractivity contribution in [3.05, 3.63) is 41.5 Å². The molecule has 7 nitrogen and oxygen atoms in total. The van der Waals surface area contributed by atoms with Crippen molar-refractivity contribution in [2.75, 3.05) is 31.7 Å². The van der Waals surface area contributed by atoms with Crippen LogP contribution in [0.2, 0.25) is 0 Å². The van der Waals surface area contributed by atoms with Gasteiger partial charge in [-0.15, -0.1) is 10.2 Å². The van der Waals surface area contributed by atoms with E-state index in [0.29, 0.717) is 37.3 Å². The molecule has 2 atom stereocenters. The van der Waals surface area contributed by atoms with Crippen LogP contribution in [-0.4, -0.2) is 57.2 Å². The van der Waals surface area contributed by atoms with E-state index in [0.717, 1.165) is 5.56 Å². The minimum absolute atomic E-state index is 0.0297. The van der Waals surface area contributed by atoms with Gasteiger partial charge in [0, 0.05) is 13.1 Å². The van der Waals surface area contributed by atoms with Crippen LogP contribution in [0.3, 0.4) is 0 Å². The molecule has 2 aliphatic heterocycles. The Morgan fingerprint density at radius 1 is 1.28 bits per heavy atom. The molecule has 2 aliphatic rings. The molecule has 0 aliphatic carbocycles. The van der Waals surface area contributed by atoms with Gasteiger partial charge >= 0.3 is 0 Å². The fraction of sp³-hybridized carbons (Fsp3) is 0.438. The number of aryl methyl sites for hydroxylation is 1. The highest BCUT2D eigenvalue weighted by molar-refractivity contribution is 8.00. The first kappa shape index (κ1) is 16.3. The number of benzene rings is 1. The number of nitrogens with one attached hydrogen (secondary N) is 1. The van der Waals surface area contributed by atoms with Gasteiger partial charge in [0.05, 0.1) is 19.3 Å². The van der Waals surface area contributed by atoms with Crippen LogP contribution >= 0.6 is 11.8 Å². The number of nitrogens with zero attached hydrogens (tertiary/aromatic N) is 4. The van der Waals surface area contributed by atoms with Gasteiger partial charge in [-0.25, -0.2) is 9.07 Å². The number of rotatable bonds is 2. The maximum atomic E-state index is 13.3. The summed E-state index contributed by atoms with van der Waals surface area (Å²) >= 11 is 1.39. The highest BCUT2D eigenvalue weighted by Gasteiger charge is 2.39. The molecule has 0 spiro atoms. The molecule has 4 rings (SSSR count). The Labute approximate surface area is 148 Å². The standard InChI is InChI=1S/C16H18FN5O2S/c1-10-18-19-16-22(10)20-13(11-2-4-12(17)5-3-11)14(25-16)15(23)21-6-8-24-9-7-21/h2-5,13-14,20H,6-9H2,1H3/t13-,14-/m1/s1. The molecule has 9 heteroatoms. The maximum Gasteiger partial charge on any atom is 0.238 e. The van der Waals surface area contributed by atoms with Crippen LogP contribution in [0.4, 0.5) is 4.39 Å². The zero-order chi connectivity index (χ0) is 17.4. The number of ether oxygens (including phenoxy) is 1. The Kier molecular flexibility index (Phi) is 4.34. The van der Waals surface area contributed by atoms with E-state index >= 15 is 0 Å². The van der Waals surface area contributed by atoms with Gasteiger partial charge < -0.3 is 15.1 Å². The van der Waals surface area contributed by atoms with Crippen molar-refractivity contribution < 1.29 is 13.9 Å². The van der Waals surface area contributed by atoms with Crippen LogP contribution in [0.15, 0.2) is 29.4 Å². The van der Waals surface area contributed by atoms with E-state index in [4.69, 9.17) is 4.74 Å². The minimum Gasteiger partial charge on any atom is -0.378 e. The quantitative estimate of drug-likeness (QED) is 0.868. The summed E-state index contributed by atoms with van der Waals surface area (Å²) in [5.74, 6) is 0.443. The van der Waals surface area contributed by atoms with Crippen LogP contribution in [0, 0.1) is 12.7 Å². The molecule has 0 saturated carbocycles. The summed E-state index contributed by atoms with van der Waals surface area (Å²) < 4.78 is 20.4. The van der Waals surface area contributed by atoms with Gasteiger partial charge in [0.25, 0.3) is 0 Å². The summed E-state index contributed by atoms with van der Waals surface area (Å²) in [5.41, 5.74) is 4.17. The third-order valence-corrected chi connectivity index (χ3v) is 5.60. The number of carbonyl (C=O) groups excluding carboxylic acids is 1. The molecule has 1 aromatic heterocycles. The van der Waals surface area contributed by atoms with Crippen molar-refractivity contribution in [2.45, 2.75) is 23.4 Å². The molecule has 3 heterocycles. The average molecular weight is 363 g/mol. The third-order valence-electron chi connectivity index (χ3n) is 4.39. The molecule has 1 saturated heterocycles. The second-order valence-electron chi connectivity index (χ2n) is 6.00. The van der Waals surface area contributed by atoms with Gasteiger partial charge in [-0.1, -0.05) is 23.9 Å². The number of thioether (sulfide) groups is 1. The molecule has 0 unspecified atom stereocenters. The zero-order valence-electron chi connectivity index (χ0n) is 13.7. The molecule has 2 aromatic rings. The number of amides is 1. The number of halogens is 1. The molecule has 25 heavy (non-hydrogen) atoms. The summed E-state index contributed by atoms with van der Waals surface area (Å²) in [5, 5.41) is 8.46. The van der Waals surface area contributed by atoms with Crippen molar-refractivity contribution in [3.8, 4) is 0 Å². The largest absolute Gasteiger partial charge is 0.378 e. The first-order chi connectivity index (χ1) is 12.1. The molecule has 1 fully saturated rings. The second kappa shape index (κ2) is 6.64. The van der Waals surface area contributed by atoms with Gasteiger partial charge in [0.15, 0.2) is 0 Å². The Hall–Kier alpha value is -2.13. The van der Waals surface area contributed by atoms with Crippen LogP contribution in [-0.2, 0) is 9.53 Å². The highest BCUT2D eigenvalue weighted by atomic mass is 32.2. The van der Waals surface area contributed by atoms with Crippen LogP contribution < -0.4 is 5.43 Å². The van der Waals surface area contributed by atoms with Gasteiger partial charge in [0.1, 0.15) is 16.9 Å². The first-order valence-electron chi connectivity index (χ1n) is 8.11. The minimum atomic E-state index is -0.403. The Balaban J connectivity index is 1.68. The lowest BCUT2D eigenvalue weighted by Crippen LogP contribution is -2.49. The SMILES string of the molecule is Cc1nnc2n1N[C@H](c1ccc(F)cc1)[C@H](C(=O)N1CCOCC1)S2. The van der Waals surface area contributed by atoms with E-state index in [1.54, 1.807) is 16.8 Å². The normalized spacial score (nSPS) is 23.0. The number of carbonyl (C=O) groups is 1. The Bertz CT molecular complexity index is 775. The van der Waals surface area contributed by atoms with Crippen molar-refractivity contribution in [3.63, 3.8) is 0 Å². The third kappa shape index (κ3) is 3.09. The van der Waals surface area contributed by atoms with Gasteiger partial charge in [-0.05, 0) is 24.6 Å². The van der Waals surface area contributed by atoms with Gasteiger partial charge in [-0.3, -0.25) is 4.79 Å². The Morgan fingerprint density at radius 2 is 2.00 bits per heavy atom. The smallest absolute Gasteiger partial charge is 0.238 e. The van der Waals surface area contributed by atoms with Crippen LogP contribution in [0.25, 0.3) is 0 Å². The second-order valence-corrected chi connectivity index (χ2v) is 7.11. The number of aromatic nitrogens is 3. The fourth-order valence-electron chi connectivity index (χ4n) is 3.03. The predicted octanol–water partition coefficient (Wildman–Crippen LogP) is 1.34. The lowest BCUT2D eigenvalue weighted by atomic mass is 10.0. The van der Waals surface area contributed by atoms with Crippen molar-refractivity contribution in [1.82, 2.24) is 19.8 Å². The molecule has 132 valence electrons. The summed E-state index contributed by atoms with van der Waals surface area (Å²) in [4.78, 5) is 14.9. The van der Waals surface area contributed by atoms with Crippen molar-refractivity contribution in [2.24, 2.45) is 0 Å². The lowest BCUT2D eigenvalue weighted by molar-refractivity contribution is -0.135. The summed E-state index contributed by atoms with van der Waals surface area (Å²) in [6, 6.07) is 5.93. The fourth-order valence-corrected chi connectivity index (χ4v) is 4.24. The van der Waals surface area contributed by atoms with E-state index in [9.17, 15) is 9.18 Å². The van der Waals surface area contributed by atoms with E-state index in [1.807, 2.05) is 11.8 Å². The van der Waals surface area contributed by atoms with E-state index in [1.165, 1.54) is 23.9 Å². The summed E-state index contributed by atoms with van der Waals surface area (Å²) in [6.45, 7) is 4.10. The first-order valence-corrected chi connectivity index (χ1v) is 8.98. The van der Waals surface area contributed by atoms with Gasteiger partial charge in [-0.2, -0.15) is 0 Å². The molecule has 1 amide bonds. The van der Waals surface area contributed by atoms with Crippen molar-refractivity contribution in [1.29, 1.82) is 0 Å². The number of morpholine rings is 1. The Morgan fingerprint density at radius 3 is 2.72 bits per heavy atom. The average Bonchev–Trinajstić information content (AvgIpc) is 3.02. The maximum absolute atomic E-state index is 13.3. The molecule has 1 aromatic carbocycles. The highest BCUT2D eigenvalue weighted by Crippen LogP contribution is 2.37.